The number of aryl methyl sites for hydroxylation is 2. The summed E-state index contributed by atoms with van der Waals surface area (Å²) in [5, 5.41) is 0. The smallest absolute Gasteiger partial charge is 0.257 e. The molecular weight excluding hydrogens is 420 g/mol. The van der Waals surface area contributed by atoms with E-state index in [0.29, 0.717) is 23.4 Å². The van der Waals surface area contributed by atoms with E-state index in [9.17, 15) is 9.59 Å². The molecule has 0 saturated carbocycles. The number of aromatic nitrogens is 2. The Balaban J connectivity index is 1.71. The van der Waals surface area contributed by atoms with Crippen molar-refractivity contribution in [2.24, 2.45) is 0 Å². The molecule has 0 N–H and O–H groups in total. The highest BCUT2D eigenvalue weighted by Gasteiger charge is 2.18. The maximum atomic E-state index is 13.7. The second kappa shape index (κ2) is 10.9. The highest BCUT2D eigenvalue weighted by atomic mass is 16.1. The average molecular weight is 451 g/mol. The van der Waals surface area contributed by atoms with Crippen molar-refractivity contribution in [3.05, 3.63) is 123 Å². The van der Waals surface area contributed by atoms with Crippen molar-refractivity contribution in [2.75, 3.05) is 0 Å². The average Bonchev–Trinajstić information content (AvgIpc) is 2.88. The van der Waals surface area contributed by atoms with Crippen LogP contribution in [0.4, 0.5) is 0 Å². The number of carbonyl (C=O) groups is 1. The Bertz CT molecular complexity index is 1330. The van der Waals surface area contributed by atoms with Crippen molar-refractivity contribution in [1.82, 2.24) is 9.55 Å². The minimum atomic E-state index is -0.118. The fourth-order valence-corrected chi connectivity index (χ4v) is 4.23. The molecule has 0 fully saturated rings. The summed E-state index contributed by atoms with van der Waals surface area (Å²) in [5.74, 6) is 0.494. The SMILES string of the molecule is CCCCc1nc(C)n(CC(=O)c2ccccc2)c(=O)c1Cc1cccc(-c2ccccc2)c1. The molecule has 3 aromatic carbocycles. The van der Waals surface area contributed by atoms with Crippen LogP contribution in [-0.2, 0) is 19.4 Å². The van der Waals surface area contributed by atoms with Gasteiger partial charge < -0.3 is 0 Å². The van der Waals surface area contributed by atoms with Crippen LogP contribution >= 0.6 is 0 Å². The maximum absolute atomic E-state index is 13.7. The lowest BCUT2D eigenvalue weighted by Gasteiger charge is -2.15. The molecule has 0 amide bonds. The lowest BCUT2D eigenvalue weighted by molar-refractivity contribution is 0.0969. The summed E-state index contributed by atoms with van der Waals surface area (Å²) in [6.07, 6.45) is 3.24. The number of rotatable bonds is 9. The molecule has 0 aliphatic rings. The van der Waals surface area contributed by atoms with Gasteiger partial charge in [-0.2, -0.15) is 0 Å². The van der Waals surface area contributed by atoms with Gasteiger partial charge in [0.25, 0.3) is 5.56 Å². The molecular formula is C30H30N2O2. The fourth-order valence-electron chi connectivity index (χ4n) is 4.23. The van der Waals surface area contributed by atoms with E-state index in [1.165, 1.54) is 4.57 Å². The molecule has 4 rings (SSSR count). The number of unbranched alkanes of at least 4 members (excludes halogenated alkanes) is 1. The van der Waals surface area contributed by atoms with Crippen LogP contribution in [0.2, 0.25) is 0 Å². The normalized spacial score (nSPS) is 10.9. The van der Waals surface area contributed by atoms with Gasteiger partial charge >= 0.3 is 0 Å². The monoisotopic (exact) mass is 450 g/mol. The van der Waals surface area contributed by atoms with Gasteiger partial charge in [0.15, 0.2) is 5.78 Å². The van der Waals surface area contributed by atoms with E-state index < -0.39 is 0 Å². The fraction of sp³-hybridized carbons (Fsp3) is 0.233. The number of benzene rings is 3. The summed E-state index contributed by atoms with van der Waals surface area (Å²) in [4.78, 5) is 31.3. The Morgan fingerprint density at radius 2 is 1.56 bits per heavy atom. The van der Waals surface area contributed by atoms with Crippen LogP contribution in [0.1, 0.15) is 52.8 Å². The molecule has 0 atom stereocenters. The first kappa shape index (κ1) is 23.4. The van der Waals surface area contributed by atoms with E-state index in [4.69, 9.17) is 4.98 Å². The molecule has 172 valence electrons. The Hall–Kier alpha value is -3.79. The molecule has 0 aliphatic carbocycles. The van der Waals surface area contributed by atoms with E-state index >= 15 is 0 Å². The van der Waals surface area contributed by atoms with Crippen molar-refractivity contribution in [3.8, 4) is 11.1 Å². The third-order valence-electron chi connectivity index (χ3n) is 6.12. The van der Waals surface area contributed by atoms with Crippen LogP contribution in [-0.4, -0.2) is 15.3 Å². The first-order valence-corrected chi connectivity index (χ1v) is 11.9. The molecule has 4 nitrogen and oxygen atoms in total. The van der Waals surface area contributed by atoms with Crippen LogP contribution < -0.4 is 5.56 Å². The largest absolute Gasteiger partial charge is 0.292 e. The molecule has 1 aromatic heterocycles. The van der Waals surface area contributed by atoms with Crippen molar-refractivity contribution in [1.29, 1.82) is 0 Å². The van der Waals surface area contributed by atoms with Gasteiger partial charge in [-0.3, -0.25) is 14.2 Å². The third-order valence-corrected chi connectivity index (χ3v) is 6.12. The van der Waals surface area contributed by atoms with Gasteiger partial charge in [-0.15, -0.1) is 0 Å². The minimum absolute atomic E-state index is 0.00715. The van der Waals surface area contributed by atoms with E-state index in [1.807, 2.05) is 49.4 Å². The number of nitrogens with zero attached hydrogens (tertiary/aromatic N) is 2. The molecule has 4 heteroatoms. The molecule has 1 heterocycles. The highest BCUT2D eigenvalue weighted by molar-refractivity contribution is 5.95. The van der Waals surface area contributed by atoms with Gasteiger partial charge in [0.05, 0.1) is 12.2 Å². The van der Waals surface area contributed by atoms with Gasteiger partial charge in [-0.05, 0) is 36.5 Å². The highest BCUT2D eigenvalue weighted by Crippen LogP contribution is 2.22. The molecule has 0 unspecified atom stereocenters. The Kier molecular flexibility index (Phi) is 7.48. The maximum Gasteiger partial charge on any atom is 0.257 e. The Morgan fingerprint density at radius 1 is 0.882 bits per heavy atom. The standard InChI is InChI=1S/C30H30N2O2/c1-3-4-18-28-27(20-23-12-11-17-26(19-23)24-13-7-5-8-14-24)30(34)32(22(2)31-28)21-29(33)25-15-9-6-10-16-25/h5-17,19H,3-4,18,20-21H2,1-2H3. The van der Waals surface area contributed by atoms with Crippen LogP contribution in [0.25, 0.3) is 11.1 Å². The van der Waals surface area contributed by atoms with E-state index in [-0.39, 0.29) is 17.9 Å². The number of hydrogen-bond donors (Lipinski definition) is 0. The van der Waals surface area contributed by atoms with Crippen LogP contribution in [0, 0.1) is 6.92 Å². The second-order valence-electron chi connectivity index (χ2n) is 8.61. The Morgan fingerprint density at radius 3 is 2.26 bits per heavy atom. The Labute approximate surface area is 200 Å². The van der Waals surface area contributed by atoms with Crippen LogP contribution in [0.5, 0.6) is 0 Å². The number of carbonyl (C=O) groups excluding carboxylic acids is 1. The van der Waals surface area contributed by atoms with Crippen molar-refractivity contribution in [3.63, 3.8) is 0 Å². The van der Waals surface area contributed by atoms with Gasteiger partial charge in [0, 0.05) is 17.5 Å². The summed E-state index contributed by atoms with van der Waals surface area (Å²) < 4.78 is 1.53. The molecule has 4 aromatic rings. The van der Waals surface area contributed by atoms with Gasteiger partial charge in [-0.1, -0.05) is 98.3 Å². The summed E-state index contributed by atoms with van der Waals surface area (Å²) in [6, 6.07) is 27.6. The number of Topliss-reactive ketones (excluding diaryl/α,β-unsaturated/α-hetero) is 1. The summed E-state index contributed by atoms with van der Waals surface area (Å²) >= 11 is 0. The molecule has 0 radical (unpaired) electrons. The van der Waals surface area contributed by atoms with Crippen molar-refractivity contribution >= 4 is 5.78 Å². The summed E-state index contributed by atoms with van der Waals surface area (Å²) in [5.41, 5.74) is 5.33. The van der Waals surface area contributed by atoms with Crippen LogP contribution in [0.15, 0.2) is 89.7 Å². The molecule has 0 spiro atoms. The lowest BCUT2D eigenvalue weighted by atomic mass is 9.97. The first-order valence-electron chi connectivity index (χ1n) is 11.9. The summed E-state index contributed by atoms with van der Waals surface area (Å²) in [7, 11) is 0. The molecule has 0 aliphatic heterocycles. The minimum Gasteiger partial charge on any atom is -0.292 e. The number of ketones is 1. The number of hydrogen-bond acceptors (Lipinski definition) is 3. The zero-order valence-corrected chi connectivity index (χ0v) is 19.8. The first-order chi connectivity index (χ1) is 16.6. The zero-order valence-electron chi connectivity index (χ0n) is 19.8. The van der Waals surface area contributed by atoms with E-state index in [2.05, 4.69) is 37.3 Å². The lowest BCUT2D eigenvalue weighted by Crippen LogP contribution is -2.32. The van der Waals surface area contributed by atoms with Gasteiger partial charge in [-0.25, -0.2) is 4.98 Å². The summed E-state index contributed by atoms with van der Waals surface area (Å²) in [6.45, 7) is 3.94. The van der Waals surface area contributed by atoms with Crippen molar-refractivity contribution in [2.45, 2.75) is 46.1 Å². The quantitative estimate of drug-likeness (QED) is 0.292. The predicted molar refractivity (Wildman–Crippen MR) is 137 cm³/mol. The van der Waals surface area contributed by atoms with Gasteiger partial charge in [0.1, 0.15) is 5.82 Å². The third kappa shape index (κ3) is 5.40. The zero-order chi connectivity index (χ0) is 23.9. The van der Waals surface area contributed by atoms with E-state index in [1.54, 1.807) is 12.1 Å². The second-order valence-corrected chi connectivity index (χ2v) is 8.61. The van der Waals surface area contributed by atoms with E-state index in [0.717, 1.165) is 41.6 Å². The molecule has 34 heavy (non-hydrogen) atoms. The topological polar surface area (TPSA) is 52.0 Å². The molecule has 0 bridgehead atoms. The van der Waals surface area contributed by atoms with Gasteiger partial charge in [0.2, 0.25) is 0 Å². The molecule has 0 saturated heterocycles. The van der Waals surface area contributed by atoms with Crippen molar-refractivity contribution < 1.29 is 4.79 Å². The predicted octanol–water partition coefficient (Wildman–Crippen LogP) is 6.04. The van der Waals surface area contributed by atoms with Crippen LogP contribution in [0.3, 0.4) is 0 Å².